The lowest BCUT2D eigenvalue weighted by Gasteiger charge is -2.30. The molecule has 0 fully saturated rings. The SMILES string of the molecule is COc1cc2c(c(OC)c1OC)-c1c(cc(OC)c(OC)c1OC(=O)C=Cc1ccccc1)CC(C)C(C)C2. The van der Waals surface area contributed by atoms with Crippen LogP contribution in [0.4, 0.5) is 0 Å². The van der Waals surface area contributed by atoms with Gasteiger partial charge in [-0.2, -0.15) is 0 Å². The minimum Gasteiger partial charge on any atom is -0.493 e. The molecule has 0 heterocycles. The van der Waals surface area contributed by atoms with Gasteiger partial charge in [-0.25, -0.2) is 4.79 Å². The van der Waals surface area contributed by atoms with Gasteiger partial charge in [0, 0.05) is 17.2 Å². The molecule has 2 unspecified atom stereocenters. The van der Waals surface area contributed by atoms with Crippen molar-refractivity contribution < 1.29 is 33.2 Å². The van der Waals surface area contributed by atoms with Crippen LogP contribution in [0.5, 0.6) is 34.5 Å². The first kappa shape index (κ1) is 27.9. The van der Waals surface area contributed by atoms with Gasteiger partial charge in [0.05, 0.1) is 35.5 Å². The minimum atomic E-state index is -0.544. The Labute approximate surface area is 230 Å². The fourth-order valence-electron chi connectivity index (χ4n) is 5.15. The molecule has 0 amide bonds. The molecule has 0 N–H and O–H groups in total. The molecule has 206 valence electrons. The van der Waals surface area contributed by atoms with Crippen LogP contribution in [0.25, 0.3) is 17.2 Å². The molecule has 39 heavy (non-hydrogen) atoms. The first-order valence-electron chi connectivity index (χ1n) is 12.9. The molecule has 7 nitrogen and oxygen atoms in total. The average Bonchev–Trinajstić information content (AvgIpc) is 2.95. The number of hydrogen-bond acceptors (Lipinski definition) is 7. The molecule has 7 heteroatoms. The van der Waals surface area contributed by atoms with Crippen molar-refractivity contribution in [2.24, 2.45) is 11.8 Å². The van der Waals surface area contributed by atoms with E-state index in [2.05, 4.69) is 13.8 Å². The van der Waals surface area contributed by atoms with Crippen LogP contribution in [0.1, 0.15) is 30.5 Å². The number of benzene rings is 3. The van der Waals surface area contributed by atoms with Gasteiger partial charge in [-0.15, -0.1) is 0 Å². The number of ether oxygens (including phenoxy) is 6. The highest BCUT2D eigenvalue weighted by Gasteiger charge is 2.33. The van der Waals surface area contributed by atoms with Crippen LogP contribution in [0.15, 0.2) is 48.5 Å². The van der Waals surface area contributed by atoms with Gasteiger partial charge in [-0.05, 0) is 59.6 Å². The van der Waals surface area contributed by atoms with Crippen LogP contribution in [-0.4, -0.2) is 41.5 Å². The number of methoxy groups -OCH3 is 5. The Bertz CT molecular complexity index is 1360. The van der Waals surface area contributed by atoms with E-state index in [4.69, 9.17) is 28.4 Å². The summed E-state index contributed by atoms with van der Waals surface area (Å²) in [6.07, 6.45) is 4.62. The van der Waals surface area contributed by atoms with Crippen molar-refractivity contribution in [1.82, 2.24) is 0 Å². The van der Waals surface area contributed by atoms with E-state index in [0.717, 1.165) is 35.1 Å². The van der Waals surface area contributed by atoms with Gasteiger partial charge < -0.3 is 28.4 Å². The van der Waals surface area contributed by atoms with E-state index in [1.165, 1.54) is 13.2 Å². The molecule has 0 bridgehead atoms. The third kappa shape index (κ3) is 5.53. The second-order valence-corrected chi connectivity index (χ2v) is 9.68. The third-order valence-electron chi connectivity index (χ3n) is 7.34. The minimum absolute atomic E-state index is 0.267. The highest BCUT2D eigenvalue weighted by Crippen LogP contribution is 2.55. The highest BCUT2D eigenvalue weighted by atomic mass is 16.6. The van der Waals surface area contributed by atoms with Crippen LogP contribution < -0.4 is 28.4 Å². The van der Waals surface area contributed by atoms with Gasteiger partial charge in [0.15, 0.2) is 23.0 Å². The first-order chi connectivity index (χ1) is 18.9. The van der Waals surface area contributed by atoms with Gasteiger partial charge in [-0.3, -0.25) is 0 Å². The molecule has 0 spiro atoms. The normalized spacial score (nSPS) is 16.4. The Morgan fingerprint density at radius 3 is 1.67 bits per heavy atom. The Kier molecular flexibility index (Phi) is 8.69. The molecule has 0 aromatic heterocycles. The van der Waals surface area contributed by atoms with E-state index in [0.29, 0.717) is 46.1 Å². The van der Waals surface area contributed by atoms with E-state index in [-0.39, 0.29) is 5.75 Å². The maximum atomic E-state index is 13.2. The van der Waals surface area contributed by atoms with E-state index < -0.39 is 5.97 Å². The van der Waals surface area contributed by atoms with E-state index in [1.54, 1.807) is 34.5 Å². The molecule has 4 rings (SSSR count). The number of carbonyl (C=O) groups is 1. The summed E-state index contributed by atoms with van der Waals surface area (Å²) in [5.74, 6) is 2.73. The molecule has 3 aromatic carbocycles. The number of esters is 1. The maximum absolute atomic E-state index is 13.2. The van der Waals surface area contributed by atoms with Crippen LogP contribution in [0.2, 0.25) is 0 Å². The molecule has 0 saturated carbocycles. The van der Waals surface area contributed by atoms with Crippen molar-refractivity contribution in [2.45, 2.75) is 26.7 Å². The van der Waals surface area contributed by atoms with Crippen molar-refractivity contribution in [3.63, 3.8) is 0 Å². The molecular formula is C32H36O7. The third-order valence-corrected chi connectivity index (χ3v) is 7.34. The second kappa shape index (κ2) is 12.2. The summed E-state index contributed by atoms with van der Waals surface area (Å²) in [6.45, 7) is 4.46. The topological polar surface area (TPSA) is 72.5 Å². The van der Waals surface area contributed by atoms with E-state index >= 15 is 0 Å². The summed E-state index contributed by atoms with van der Waals surface area (Å²) in [5, 5.41) is 0. The lowest BCUT2D eigenvalue weighted by atomic mass is 9.77. The Balaban J connectivity index is 2.01. The number of fused-ring (bicyclic) bond motifs is 3. The number of hydrogen-bond donors (Lipinski definition) is 0. The van der Waals surface area contributed by atoms with Gasteiger partial charge in [0.2, 0.25) is 11.5 Å². The summed E-state index contributed by atoms with van der Waals surface area (Å²) in [5.41, 5.74) is 4.32. The molecule has 1 aliphatic rings. The first-order valence-corrected chi connectivity index (χ1v) is 12.9. The predicted molar refractivity (Wildman–Crippen MR) is 151 cm³/mol. The molecule has 0 saturated heterocycles. The van der Waals surface area contributed by atoms with Gasteiger partial charge >= 0.3 is 5.97 Å². The summed E-state index contributed by atoms with van der Waals surface area (Å²) >= 11 is 0. The van der Waals surface area contributed by atoms with Crippen molar-refractivity contribution >= 4 is 12.0 Å². The average molecular weight is 533 g/mol. The van der Waals surface area contributed by atoms with Crippen molar-refractivity contribution in [3.05, 3.63) is 65.2 Å². The smallest absolute Gasteiger partial charge is 0.336 e. The number of carbonyl (C=O) groups excluding carboxylic acids is 1. The maximum Gasteiger partial charge on any atom is 0.336 e. The van der Waals surface area contributed by atoms with Gasteiger partial charge in [0.1, 0.15) is 0 Å². The van der Waals surface area contributed by atoms with Gasteiger partial charge in [0.25, 0.3) is 0 Å². The van der Waals surface area contributed by atoms with Crippen molar-refractivity contribution in [1.29, 1.82) is 0 Å². The van der Waals surface area contributed by atoms with Crippen LogP contribution in [-0.2, 0) is 17.6 Å². The molecule has 0 aliphatic heterocycles. The zero-order valence-electron chi connectivity index (χ0n) is 23.6. The summed E-state index contributed by atoms with van der Waals surface area (Å²) in [6, 6.07) is 13.5. The quantitative estimate of drug-likeness (QED) is 0.189. The predicted octanol–water partition coefficient (Wildman–Crippen LogP) is 6.39. The summed E-state index contributed by atoms with van der Waals surface area (Å²) in [7, 11) is 7.87. The van der Waals surface area contributed by atoms with Gasteiger partial charge in [-0.1, -0.05) is 44.2 Å². The van der Waals surface area contributed by atoms with Crippen molar-refractivity contribution in [2.75, 3.05) is 35.5 Å². The largest absolute Gasteiger partial charge is 0.493 e. The molecule has 1 aliphatic carbocycles. The highest BCUT2D eigenvalue weighted by molar-refractivity contribution is 5.94. The fourth-order valence-corrected chi connectivity index (χ4v) is 5.15. The monoisotopic (exact) mass is 532 g/mol. The van der Waals surface area contributed by atoms with E-state index in [1.807, 2.05) is 42.5 Å². The summed E-state index contributed by atoms with van der Waals surface area (Å²) < 4.78 is 34.9. The van der Waals surface area contributed by atoms with Crippen LogP contribution >= 0.6 is 0 Å². The van der Waals surface area contributed by atoms with Crippen LogP contribution in [0.3, 0.4) is 0 Å². The molecule has 2 atom stereocenters. The standard InChI is InChI=1S/C32H36O7/c1-19-15-22-17-24(34-3)29(36-5)31(38-7)27(22)28-23(16-20(19)2)18-25(35-4)30(37-6)32(28)39-26(33)14-13-21-11-9-8-10-12-21/h8-14,17-20H,15-16H2,1-7H3. The Hall–Kier alpha value is -4.13. The second-order valence-electron chi connectivity index (χ2n) is 9.68. The zero-order chi connectivity index (χ0) is 28.1. The summed E-state index contributed by atoms with van der Waals surface area (Å²) in [4.78, 5) is 13.2. The Morgan fingerprint density at radius 2 is 1.18 bits per heavy atom. The number of rotatable bonds is 8. The molecule has 3 aromatic rings. The van der Waals surface area contributed by atoms with E-state index in [9.17, 15) is 4.79 Å². The lowest BCUT2D eigenvalue weighted by Crippen LogP contribution is -2.19. The Morgan fingerprint density at radius 1 is 0.692 bits per heavy atom. The fraction of sp³-hybridized carbons (Fsp3) is 0.344. The van der Waals surface area contributed by atoms with Crippen LogP contribution in [0, 0.1) is 11.8 Å². The zero-order valence-corrected chi connectivity index (χ0v) is 23.6. The van der Waals surface area contributed by atoms with Crippen molar-refractivity contribution in [3.8, 4) is 45.6 Å². The molecular weight excluding hydrogens is 496 g/mol. The molecule has 0 radical (unpaired) electrons. The lowest BCUT2D eigenvalue weighted by molar-refractivity contribution is -0.129.